The lowest BCUT2D eigenvalue weighted by Gasteiger charge is -2.02. The molecule has 0 spiro atoms. The number of nitrogens with zero attached hydrogens (tertiary/aromatic N) is 2. The van der Waals surface area contributed by atoms with Crippen LogP contribution in [0.25, 0.3) is 11.3 Å². The maximum atomic E-state index is 13.6. The molecule has 0 fully saturated rings. The Kier molecular flexibility index (Phi) is 2.97. The van der Waals surface area contributed by atoms with Gasteiger partial charge in [0.15, 0.2) is 0 Å². The van der Waals surface area contributed by atoms with Crippen molar-refractivity contribution >= 4 is 15.9 Å². The van der Waals surface area contributed by atoms with Crippen LogP contribution in [0.15, 0.2) is 41.0 Å². The maximum absolute atomic E-state index is 13.6. The lowest BCUT2D eigenvalue weighted by atomic mass is 10.1. The quantitative estimate of drug-likeness (QED) is 0.799. The third-order valence-corrected chi connectivity index (χ3v) is 2.59. The van der Waals surface area contributed by atoms with Crippen molar-refractivity contribution in [1.29, 1.82) is 5.26 Å². The van der Waals surface area contributed by atoms with Gasteiger partial charge in [0.25, 0.3) is 0 Å². The van der Waals surface area contributed by atoms with E-state index in [4.69, 9.17) is 5.26 Å². The number of aromatic nitrogens is 1. The van der Waals surface area contributed by atoms with Crippen LogP contribution in [0.3, 0.4) is 0 Å². The first-order valence-corrected chi connectivity index (χ1v) is 5.31. The molecule has 1 aromatic carbocycles. The standard InChI is InChI=1S/C12H6BrFN2/c13-9-2-3-10(11(14)5-9)12-4-1-8(6-15)7-16-12/h1-5,7H. The Morgan fingerprint density at radius 3 is 2.62 bits per heavy atom. The van der Waals surface area contributed by atoms with Gasteiger partial charge in [-0.15, -0.1) is 0 Å². The number of rotatable bonds is 1. The summed E-state index contributed by atoms with van der Waals surface area (Å²) in [5.74, 6) is -0.341. The molecule has 2 nitrogen and oxygen atoms in total. The SMILES string of the molecule is N#Cc1ccc(-c2ccc(Br)cc2F)nc1. The van der Waals surface area contributed by atoms with E-state index in [0.29, 0.717) is 21.3 Å². The molecule has 0 amide bonds. The third-order valence-electron chi connectivity index (χ3n) is 2.10. The van der Waals surface area contributed by atoms with Crippen molar-refractivity contribution in [2.75, 3.05) is 0 Å². The van der Waals surface area contributed by atoms with Crippen LogP contribution in [0.5, 0.6) is 0 Å². The van der Waals surface area contributed by atoms with Gasteiger partial charge in [-0.2, -0.15) is 5.26 Å². The molecule has 0 aliphatic heterocycles. The molecular formula is C12H6BrFN2. The van der Waals surface area contributed by atoms with Gasteiger partial charge in [0, 0.05) is 16.2 Å². The van der Waals surface area contributed by atoms with E-state index in [1.165, 1.54) is 12.3 Å². The van der Waals surface area contributed by atoms with Gasteiger partial charge in [0.1, 0.15) is 11.9 Å². The Morgan fingerprint density at radius 2 is 2.06 bits per heavy atom. The molecule has 16 heavy (non-hydrogen) atoms. The number of benzene rings is 1. The second-order valence-electron chi connectivity index (χ2n) is 3.17. The summed E-state index contributed by atoms with van der Waals surface area (Å²) in [7, 11) is 0. The lowest BCUT2D eigenvalue weighted by Crippen LogP contribution is -1.88. The average Bonchev–Trinajstić information content (AvgIpc) is 2.29. The van der Waals surface area contributed by atoms with E-state index in [9.17, 15) is 4.39 Å². The third kappa shape index (κ3) is 2.10. The van der Waals surface area contributed by atoms with E-state index < -0.39 is 0 Å². The summed E-state index contributed by atoms with van der Waals surface area (Å²) >= 11 is 3.19. The summed E-state index contributed by atoms with van der Waals surface area (Å²) in [5.41, 5.74) is 1.40. The molecular weight excluding hydrogens is 271 g/mol. The Hall–Kier alpha value is -1.73. The average molecular weight is 277 g/mol. The molecule has 1 heterocycles. The topological polar surface area (TPSA) is 36.7 Å². The van der Waals surface area contributed by atoms with Gasteiger partial charge in [-0.1, -0.05) is 15.9 Å². The van der Waals surface area contributed by atoms with Crippen molar-refractivity contribution < 1.29 is 4.39 Å². The largest absolute Gasteiger partial charge is 0.255 e. The number of halogens is 2. The minimum atomic E-state index is -0.341. The van der Waals surface area contributed by atoms with Gasteiger partial charge in [-0.05, 0) is 30.3 Å². The highest BCUT2D eigenvalue weighted by atomic mass is 79.9. The molecule has 4 heteroatoms. The first kappa shape index (κ1) is 10.8. The summed E-state index contributed by atoms with van der Waals surface area (Å²) < 4.78 is 14.3. The molecule has 0 unspecified atom stereocenters. The monoisotopic (exact) mass is 276 g/mol. The van der Waals surface area contributed by atoms with Gasteiger partial charge in [-0.25, -0.2) is 4.39 Å². The summed E-state index contributed by atoms with van der Waals surface area (Å²) in [6.07, 6.45) is 1.43. The predicted molar refractivity (Wildman–Crippen MR) is 62.0 cm³/mol. The zero-order valence-corrected chi connectivity index (χ0v) is 9.70. The summed E-state index contributed by atoms with van der Waals surface area (Å²) in [4.78, 5) is 4.03. The van der Waals surface area contributed by atoms with Crippen LogP contribution in [0.4, 0.5) is 4.39 Å². The molecule has 2 aromatic rings. The van der Waals surface area contributed by atoms with E-state index in [2.05, 4.69) is 20.9 Å². The summed E-state index contributed by atoms with van der Waals surface area (Å²) in [5, 5.41) is 8.62. The van der Waals surface area contributed by atoms with E-state index in [1.54, 1.807) is 24.3 Å². The Balaban J connectivity index is 2.47. The first-order valence-electron chi connectivity index (χ1n) is 4.52. The number of hydrogen-bond donors (Lipinski definition) is 0. The predicted octanol–water partition coefficient (Wildman–Crippen LogP) is 3.52. The highest BCUT2D eigenvalue weighted by Gasteiger charge is 2.06. The van der Waals surface area contributed by atoms with Crippen LogP contribution in [0.1, 0.15) is 5.56 Å². The van der Waals surface area contributed by atoms with Gasteiger partial charge >= 0.3 is 0 Å². The Morgan fingerprint density at radius 1 is 1.25 bits per heavy atom. The number of pyridine rings is 1. The van der Waals surface area contributed by atoms with Crippen molar-refractivity contribution in [1.82, 2.24) is 4.98 Å². The van der Waals surface area contributed by atoms with Crippen molar-refractivity contribution in [2.24, 2.45) is 0 Å². The number of hydrogen-bond acceptors (Lipinski definition) is 2. The second-order valence-corrected chi connectivity index (χ2v) is 4.08. The molecule has 0 aliphatic carbocycles. The van der Waals surface area contributed by atoms with Crippen LogP contribution in [-0.4, -0.2) is 4.98 Å². The summed E-state index contributed by atoms with van der Waals surface area (Å²) in [6, 6.07) is 9.99. The highest BCUT2D eigenvalue weighted by Crippen LogP contribution is 2.23. The fourth-order valence-electron chi connectivity index (χ4n) is 1.32. The first-order chi connectivity index (χ1) is 7.70. The second kappa shape index (κ2) is 4.42. The minimum absolute atomic E-state index is 0.341. The fraction of sp³-hybridized carbons (Fsp3) is 0. The minimum Gasteiger partial charge on any atom is -0.255 e. The van der Waals surface area contributed by atoms with Crippen LogP contribution in [0, 0.1) is 17.1 Å². The lowest BCUT2D eigenvalue weighted by molar-refractivity contribution is 0.630. The summed E-state index contributed by atoms with van der Waals surface area (Å²) in [6.45, 7) is 0. The maximum Gasteiger partial charge on any atom is 0.133 e. The van der Waals surface area contributed by atoms with Crippen molar-refractivity contribution in [3.8, 4) is 17.3 Å². The normalized spacial score (nSPS) is 9.81. The molecule has 0 saturated carbocycles. The van der Waals surface area contributed by atoms with E-state index >= 15 is 0 Å². The van der Waals surface area contributed by atoms with Gasteiger partial charge in [0.05, 0.1) is 11.3 Å². The fourth-order valence-corrected chi connectivity index (χ4v) is 1.65. The zero-order valence-electron chi connectivity index (χ0n) is 8.11. The van der Waals surface area contributed by atoms with E-state index in [1.807, 2.05) is 6.07 Å². The highest BCUT2D eigenvalue weighted by molar-refractivity contribution is 9.10. The molecule has 0 N–H and O–H groups in total. The van der Waals surface area contributed by atoms with Crippen molar-refractivity contribution in [3.63, 3.8) is 0 Å². The molecule has 0 aliphatic rings. The van der Waals surface area contributed by atoms with E-state index in [0.717, 1.165) is 0 Å². The zero-order chi connectivity index (χ0) is 11.5. The molecule has 78 valence electrons. The van der Waals surface area contributed by atoms with Crippen LogP contribution >= 0.6 is 15.9 Å². The van der Waals surface area contributed by atoms with Crippen LogP contribution in [-0.2, 0) is 0 Å². The number of nitriles is 1. The van der Waals surface area contributed by atoms with Crippen molar-refractivity contribution in [3.05, 3.63) is 52.4 Å². The van der Waals surface area contributed by atoms with Gasteiger partial charge in [-0.3, -0.25) is 4.98 Å². The van der Waals surface area contributed by atoms with Crippen LogP contribution in [0.2, 0.25) is 0 Å². The van der Waals surface area contributed by atoms with Crippen LogP contribution < -0.4 is 0 Å². The molecule has 1 aromatic heterocycles. The molecule has 2 rings (SSSR count). The van der Waals surface area contributed by atoms with Gasteiger partial charge in [0.2, 0.25) is 0 Å². The Labute approximate surface area is 100 Å². The molecule has 0 radical (unpaired) electrons. The van der Waals surface area contributed by atoms with Crippen molar-refractivity contribution in [2.45, 2.75) is 0 Å². The Bertz CT molecular complexity index is 558. The molecule has 0 bridgehead atoms. The smallest absolute Gasteiger partial charge is 0.133 e. The molecule has 0 saturated heterocycles. The molecule has 0 atom stereocenters. The van der Waals surface area contributed by atoms with Gasteiger partial charge < -0.3 is 0 Å². The van der Waals surface area contributed by atoms with E-state index in [-0.39, 0.29) is 5.82 Å².